The highest BCUT2D eigenvalue weighted by atomic mass is 16.8. The molecule has 0 amide bonds. The van der Waals surface area contributed by atoms with Crippen molar-refractivity contribution in [2.24, 2.45) is 52.3 Å². The second-order valence-electron chi connectivity index (χ2n) is 13.2. The summed E-state index contributed by atoms with van der Waals surface area (Å²) in [6.45, 7) is 12.2. The van der Waals surface area contributed by atoms with Crippen LogP contribution >= 0.6 is 0 Å². The molecular weight excluding hydrogens is 456 g/mol. The predicted octanol–water partition coefficient (Wildman–Crippen LogP) is 5.01. The Morgan fingerprint density at radius 1 is 1.11 bits per heavy atom. The van der Waals surface area contributed by atoms with Crippen molar-refractivity contribution in [2.45, 2.75) is 91.6 Å². The van der Waals surface area contributed by atoms with Crippen molar-refractivity contribution < 1.29 is 28.6 Å². The van der Waals surface area contributed by atoms with E-state index in [4.69, 9.17) is 14.2 Å². The molecule has 1 spiro atoms. The molecule has 2 heterocycles. The van der Waals surface area contributed by atoms with Gasteiger partial charge in [0.1, 0.15) is 0 Å². The number of ether oxygens (including phenoxy) is 3. The van der Waals surface area contributed by atoms with Gasteiger partial charge in [0.05, 0.1) is 12.0 Å². The molecule has 196 valence electrons. The summed E-state index contributed by atoms with van der Waals surface area (Å²) in [6.07, 6.45) is 10.4. The number of hydrogen-bond acceptors (Lipinski definition) is 6. The molecule has 2 saturated heterocycles. The lowest BCUT2D eigenvalue weighted by molar-refractivity contribution is -0.337. The molecule has 4 aliphatic carbocycles. The molecule has 6 aliphatic rings. The van der Waals surface area contributed by atoms with Gasteiger partial charge in [-0.05, 0) is 73.3 Å². The van der Waals surface area contributed by atoms with Gasteiger partial charge in [0.15, 0.2) is 11.9 Å². The Kier molecular flexibility index (Phi) is 5.27. The maximum atomic E-state index is 12.7. The maximum absolute atomic E-state index is 12.7. The summed E-state index contributed by atoms with van der Waals surface area (Å²) in [5.74, 6) is -0.451. The van der Waals surface area contributed by atoms with Crippen molar-refractivity contribution in [2.75, 3.05) is 0 Å². The van der Waals surface area contributed by atoms with Gasteiger partial charge in [-0.25, -0.2) is 0 Å². The molecular formula is C30H40O6. The standard InChI is InChI=1S/C30H40O6/c1-15-17(3)30(36-27(15)33)26(34-18(4)31)16(2)25-24(35-30)14-23-21-8-7-19-13-20(32)9-11-28(19,5)22(21)10-12-29(23,25)6/h9,11,13,15-17,21-26H,7-8,10,12,14H2,1-6H3/t15-,16-,17+,21+,22-,23-,24-,25-,26-,28-,29-,30+/m0/s1. The molecule has 0 N–H and O–H groups in total. The minimum absolute atomic E-state index is 0.0154. The number of ketones is 1. The van der Waals surface area contributed by atoms with Gasteiger partial charge in [-0.15, -0.1) is 0 Å². The fourth-order valence-electron chi connectivity index (χ4n) is 9.86. The quantitative estimate of drug-likeness (QED) is 0.475. The molecule has 2 aliphatic heterocycles. The van der Waals surface area contributed by atoms with Gasteiger partial charge >= 0.3 is 11.9 Å². The lowest BCUT2D eigenvalue weighted by Gasteiger charge is -2.58. The highest BCUT2D eigenvalue weighted by molar-refractivity contribution is 6.01. The van der Waals surface area contributed by atoms with Crippen LogP contribution in [0.15, 0.2) is 23.8 Å². The van der Waals surface area contributed by atoms with Crippen molar-refractivity contribution in [1.29, 1.82) is 0 Å². The van der Waals surface area contributed by atoms with Crippen LogP contribution in [0.25, 0.3) is 0 Å². The van der Waals surface area contributed by atoms with Crippen LogP contribution in [-0.4, -0.2) is 35.7 Å². The van der Waals surface area contributed by atoms with E-state index in [1.807, 2.05) is 19.9 Å². The topological polar surface area (TPSA) is 78.9 Å². The van der Waals surface area contributed by atoms with Crippen LogP contribution in [0.5, 0.6) is 0 Å². The summed E-state index contributed by atoms with van der Waals surface area (Å²) in [7, 11) is 0. The van der Waals surface area contributed by atoms with E-state index in [1.165, 1.54) is 12.5 Å². The summed E-state index contributed by atoms with van der Waals surface area (Å²) in [6, 6.07) is 0. The van der Waals surface area contributed by atoms with E-state index in [2.05, 4.69) is 26.8 Å². The molecule has 0 radical (unpaired) electrons. The van der Waals surface area contributed by atoms with E-state index < -0.39 is 11.9 Å². The average Bonchev–Trinajstić information content (AvgIpc) is 3.23. The van der Waals surface area contributed by atoms with Crippen LogP contribution in [0, 0.1) is 52.3 Å². The summed E-state index contributed by atoms with van der Waals surface area (Å²) >= 11 is 0. The number of carbonyl (C=O) groups is 3. The molecule has 36 heavy (non-hydrogen) atoms. The Labute approximate surface area is 214 Å². The molecule has 12 atom stereocenters. The first-order valence-electron chi connectivity index (χ1n) is 13.9. The molecule has 0 unspecified atom stereocenters. The Bertz CT molecular complexity index is 1080. The first-order chi connectivity index (χ1) is 16.9. The molecule has 6 heteroatoms. The van der Waals surface area contributed by atoms with Gasteiger partial charge < -0.3 is 14.2 Å². The van der Waals surface area contributed by atoms with Crippen LogP contribution in [0.4, 0.5) is 0 Å². The first-order valence-corrected chi connectivity index (χ1v) is 13.9. The first kappa shape index (κ1) is 24.4. The fourth-order valence-corrected chi connectivity index (χ4v) is 9.86. The SMILES string of the molecule is CC(=O)O[C@H]1[C@@H](C)[C@H]2[C@H](C[C@H]3[C@@H]4CCC5=CC(=O)C=C[C@]5(C)[C@H]4CC[C@]23C)O[C@]12OC(=O)[C@@H](C)[C@H]2C. The second-order valence-corrected chi connectivity index (χ2v) is 13.2. The summed E-state index contributed by atoms with van der Waals surface area (Å²) in [5.41, 5.74) is 1.31. The Hall–Kier alpha value is -1.95. The Morgan fingerprint density at radius 3 is 2.53 bits per heavy atom. The van der Waals surface area contributed by atoms with Crippen LogP contribution in [0.3, 0.4) is 0 Å². The zero-order chi connectivity index (χ0) is 25.8. The van der Waals surface area contributed by atoms with Crippen molar-refractivity contribution in [3.05, 3.63) is 23.8 Å². The average molecular weight is 497 g/mol. The molecule has 0 aromatic rings. The smallest absolute Gasteiger partial charge is 0.311 e. The van der Waals surface area contributed by atoms with E-state index in [0.717, 1.165) is 32.1 Å². The Morgan fingerprint density at radius 2 is 1.86 bits per heavy atom. The van der Waals surface area contributed by atoms with E-state index in [-0.39, 0.29) is 58.3 Å². The summed E-state index contributed by atoms with van der Waals surface area (Å²) in [4.78, 5) is 37.1. The summed E-state index contributed by atoms with van der Waals surface area (Å²) in [5, 5.41) is 0. The molecule has 6 rings (SSSR count). The molecule has 6 nitrogen and oxygen atoms in total. The Balaban J connectivity index is 1.36. The summed E-state index contributed by atoms with van der Waals surface area (Å²) < 4.78 is 18.9. The third-order valence-electron chi connectivity index (χ3n) is 11.7. The normalized spacial score (nSPS) is 53.2. The van der Waals surface area contributed by atoms with Crippen LogP contribution < -0.4 is 0 Å². The minimum Gasteiger partial charge on any atom is -0.455 e. The third-order valence-corrected chi connectivity index (χ3v) is 11.7. The number of allylic oxidation sites excluding steroid dienone is 4. The van der Waals surface area contributed by atoms with Crippen molar-refractivity contribution in [1.82, 2.24) is 0 Å². The van der Waals surface area contributed by atoms with Crippen molar-refractivity contribution in [3.8, 4) is 0 Å². The lowest BCUT2D eigenvalue weighted by atomic mass is 9.47. The van der Waals surface area contributed by atoms with Crippen LogP contribution in [-0.2, 0) is 28.6 Å². The number of esters is 2. The van der Waals surface area contributed by atoms with Gasteiger partial charge in [-0.3, -0.25) is 14.4 Å². The molecule has 0 aromatic heterocycles. The maximum Gasteiger partial charge on any atom is 0.311 e. The second kappa shape index (κ2) is 7.78. The van der Waals surface area contributed by atoms with Crippen LogP contribution in [0.1, 0.15) is 73.6 Å². The zero-order valence-corrected chi connectivity index (χ0v) is 22.4. The molecule has 5 fully saturated rings. The highest BCUT2D eigenvalue weighted by Gasteiger charge is 2.71. The van der Waals surface area contributed by atoms with Gasteiger partial charge in [0.25, 0.3) is 5.79 Å². The largest absolute Gasteiger partial charge is 0.455 e. The van der Waals surface area contributed by atoms with E-state index in [9.17, 15) is 14.4 Å². The third kappa shape index (κ3) is 3.03. The molecule has 0 aromatic carbocycles. The number of fused-ring (bicyclic) bond motifs is 7. The monoisotopic (exact) mass is 496 g/mol. The van der Waals surface area contributed by atoms with Crippen LogP contribution in [0.2, 0.25) is 0 Å². The number of carbonyl (C=O) groups excluding carboxylic acids is 3. The van der Waals surface area contributed by atoms with Gasteiger partial charge in [0.2, 0.25) is 0 Å². The minimum atomic E-state index is -1.22. The van der Waals surface area contributed by atoms with Crippen molar-refractivity contribution >= 4 is 17.7 Å². The number of rotatable bonds is 1. The molecule has 0 bridgehead atoms. The van der Waals surface area contributed by atoms with Gasteiger partial charge in [-0.1, -0.05) is 46.3 Å². The lowest BCUT2D eigenvalue weighted by Crippen LogP contribution is -2.63. The van der Waals surface area contributed by atoms with E-state index >= 15 is 0 Å². The van der Waals surface area contributed by atoms with E-state index in [0.29, 0.717) is 17.8 Å². The number of hydrogen-bond donors (Lipinski definition) is 0. The van der Waals surface area contributed by atoms with Gasteiger partial charge in [-0.2, -0.15) is 0 Å². The predicted molar refractivity (Wildman–Crippen MR) is 132 cm³/mol. The van der Waals surface area contributed by atoms with E-state index in [1.54, 1.807) is 6.08 Å². The highest BCUT2D eigenvalue weighted by Crippen LogP contribution is 2.69. The molecule has 3 saturated carbocycles. The van der Waals surface area contributed by atoms with Crippen molar-refractivity contribution in [3.63, 3.8) is 0 Å². The zero-order valence-electron chi connectivity index (χ0n) is 22.4. The van der Waals surface area contributed by atoms with Gasteiger partial charge in [0, 0.05) is 24.2 Å². The fraction of sp³-hybridized carbons (Fsp3) is 0.767.